The first-order valence-electron chi connectivity index (χ1n) is 15.3. The number of carboxylic acids is 1. The highest BCUT2D eigenvalue weighted by Crippen LogP contribution is 2.44. The molecular weight excluding hydrogens is 604 g/mol. The van der Waals surface area contributed by atoms with E-state index < -0.39 is 60.2 Å². The number of carbonyl (C=O) groups excluding carboxylic acids is 5. The van der Waals surface area contributed by atoms with E-state index in [0.29, 0.717) is 5.56 Å². The number of nitrogens with one attached hydrogen (secondary N) is 4. The van der Waals surface area contributed by atoms with Gasteiger partial charge >= 0.3 is 12.1 Å². The zero-order chi connectivity index (χ0) is 34.1. The third-order valence-corrected chi connectivity index (χ3v) is 7.77. The molecule has 0 saturated heterocycles. The second-order valence-electron chi connectivity index (χ2n) is 11.7. The SMILES string of the molecule is CC(C)C[C@H](NC(=O)C(=O)[C@@H](NC(=O)CNC(=O)c1ccccc1)[C@@H](C)NC(=O)OCC1c2ccccc2-c2ccccc21)C(=O)O. The molecule has 3 atom stereocenters. The average molecular weight is 643 g/mol. The fourth-order valence-corrected chi connectivity index (χ4v) is 5.47. The molecule has 47 heavy (non-hydrogen) atoms. The van der Waals surface area contributed by atoms with E-state index in [2.05, 4.69) is 21.3 Å². The number of carboxylic acid groups (broad SMARTS) is 1. The highest BCUT2D eigenvalue weighted by Gasteiger charge is 2.35. The molecule has 3 aromatic carbocycles. The van der Waals surface area contributed by atoms with Crippen LogP contribution in [0.15, 0.2) is 78.9 Å². The Morgan fingerprint density at radius 2 is 1.34 bits per heavy atom. The van der Waals surface area contributed by atoms with Crippen LogP contribution in [0.5, 0.6) is 0 Å². The maximum absolute atomic E-state index is 13.3. The summed E-state index contributed by atoms with van der Waals surface area (Å²) in [5.74, 6) is -5.46. The third kappa shape index (κ3) is 8.81. The molecule has 5 N–H and O–H groups in total. The Kier molecular flexibility index (Phi) is 11.4. The zero-order valence-electron chi connectivity index (χ0n) is 26.3. The van der Waals surface area contributed by atoms with E-state index in [1.54, 1.807) is 44.2 Å². The van der Waals surface area contributed by atoms with Crippen molar-refractivity contribution in [2.75, 3.05) is 13.2 Å². The fraction of sp³-hybridized carbons (Fsp3) is 0.314. The smallest absolute Gasteiger partial charge is 0.407 e. The predicted molar refractivity (Wildman–Crippen MR) is 172 cm³/mol. The van der Waals surface area contributed by atoms with Crippen molar-refractivity contribution in [1.29, 1.82) is 0 Å². The number of rotatable bonds is 14. The molecule has 12 heteroatoms. The van der Waals surface area contributed by atoms with Crippen LogP contribution in [0.1, 0.15) is 54.6 Å². The standard InChI is InChI=1S/C35H38N4O8/c1-20(2)17-28(34(44)45)38-33(43)31(41)30(39-29(40)18-36-32(42)22-11-5-4-6-12-22)21(3)37-35(46)47-19-27-25-15-9-7-13-23(25)24-14-8-10-16-26(24)27/h4-16,20-21,27-28,30H,17-19H2,1-3H3,(H,36,42)(H,37,46)(H,38,43)(H,39,40)(H,44,45)/t21-,28+,30+/m1/s1. The Morgan fingerprint density at radius 1 is 0.766 bits per heavy atom. The Labute approximate surface area is 272 Å². The first kappa shape index (κ1) is 34.4. The number of aliphatic carboxylic acids is 1. The summed E-state index contributed by atoms with van der Waals surface area (Å²) in [4.78, 5) is 76.3. The van der Waals surface area contributed by atoms with E-state index in [-0.39, 0.29) is 24.9 Å². The summed E-state index contributed by atoms with van der Waals surface area (Å²) in [7, 11) is 0. The van der Waals surface area contributed by atoms with Crippen molar-refractivity contribution >= 4 is 35.6 Å². The summed E-state index contributed by atoms with van der Waals surface area (Å²) in [6.07, 6.45) is -0.836. The molecule has 0 heterocycles. The fourth-order valence-electron chi connectivity index (χ4n) is 5.47. The van der Waals surface area contributed by atoms with Crippen molar-refractivity contribution in [1.82, 2.24) is 21.3 Å². The van der Waals surface area contributed by atoms with Crippen LogP contribution in [0.4, 0.5) is 4.79 Å². The normalized spacial score (nSPS) is 13.7. The van der Waals surface area contributed by atoms with Crippen LogP contribution in [0.2, 0.25) is 0 Å². The number of hydrogen-bond donors (Lipinski definition) is 5. The number of fused-ring (bicyclic) bond motifs is 3. The Morgan fingerprint density at radius 3 is 1.91 bits per heavy atom. The summed E-state index contributed by atoms with van der Waals surface area (Å²) in [6.45, 7) is 4.36. The molecule has 0 aliphatic heterocycles. The van der Waals surface area contributed by atoms with Crippen LogP contribution < -0.4 is 21.3 Å². The summed E-state index contributed by atoms with van der Waals surface area (Å²) in [5.41, 5.74) is 4.39. The van der Waals surface area contributed by atoms with E-state index in [1.807, 2.05) is 48.5 Å². The average Bonchev–Trinajstić information content (AvgIpc) is 3.38. The van der Waals surface area contributed by atoms with E-state index in [4.69, 9.17) is 4.74 Å². The Bertz CT molecular complexity index is 1600. The molecule has 0 saturated carbocycles. The monoisotopic (exact) mass is 642 g/mol. The molecule has 0 bridgehead atoms. The highest BCUT2D eigenvalue weighted by molar-refractivity contribution is 6.39. The maximum atomic E-state index is 13.3. The molecular formula is C35H38N4O8. The van der Waals surface area contributed by atoms with Crippen LogP contribution in [0.3, 0.4) is 0 Å². The lowest BCUT2D eigenvalue weighted by atomic mass is 9.98. The molecule has 246 valence electrons. The number of amides is 4. The summed E-state index contributed by atoms with van der Waals surface area (Å²) >= 11 is 0. The molecule has 0 fully saturated rings. The molecule has 4 rings (SSSR count). The first-order valence-corrected chi connectivity index (χ1v) is 15.3. The summed E-state index contributed by atoms with van der Waals surface area (Å²) < 4.78 is 5.56. The van der Waals surface area contributed by atoms with Gasteiger partial charge in [-0.25, -0.2) is 9.59 Å². The topological polar surface area (TPSA) is 180 Å². The van der Waals surface area contributed by atoms with Crippen LogP contribution >= 0.6 is 0 Å². The molecule has 0 unspecified atom stereocenters. The molecule has 3 aromatic rings. The lowest BCUT2D eigenvalue weighted by molar-refractivity contribution is -0.145. The van der Waals surface area contributed by atoms with Gasteiger partial charge in [0.05, 0.1) is 12.6 Å². The van der Waals surface area contributed by atoms with E-state index >= 15 is 0 Å². The maximum Gasteiger partial charge on any atom is 0.407 e. The molecule has 4 amide bonds. The second-order valence-corrected chi connectivity index (χ2v) is 11.7. The lowest BCUT2D eigenvalue weighted by Gasteiger charge is -2.25. The number of hydrogen-bond acceptors (Lipinski definition) is 7. The number of benzene rings is 3. The predicted octanol–water partition coefficient (Wildman–Crippen LogP) is 3.01. The van der Waals surface area contributed by atoms with Crippen molar-refractivity contribution in [3.05, 3.63) is 95.6 Å². The minimum Gasteiger partial charge on any atom is -0.480 e. The van der Waals surface area contributed by atoms with Crippen molar-refractivity contribution in [3.63, 3.8) is 0 Å². The highest BCUT2D eigenvalue weighted by atomic mass is 16.5. The van der Waals surface area contributed by atoms with Crippen LogP contribution in [0.25, 0.3) is 11.1 Å². The molecule has 1 aliphatic carbocycles. The van der Waals surface area contributed by atoms with E-state index in [9.17, 15) is 33.9 Å². The van der Waals surface area contributed by atoms with Gasteiger partial charge in [-0.2, -0.15) is 0 Å². The first-order chi connectivity index (χ1) is 22.5. The van der Waals surface area contributed by atoms with E-state index in [0.717, 1.165) is 22.3 Å². The van der Waals surface area contributed by atoms with Crippen LogP contribution in [-0.2, 0) is 23.9 Å². The second kappa shape index (κ2) is 15.7. The molecule has 0 aromatic heterocycles. The van der Waals surface area contributed by atoms with Gasteiger partial charge in [0.15, 0.2) is 0 Å². The zero-order valence-corrected chi connectivity index (χ0v) is 26.3. The van der Waals surface area contributed by atoms with Gasteiger partial charge in [0.2, 0.25) is 11.7 Å². The molecule has 0 radical (unpaired) electrons. The van der Waals surface area contributed by atoms with Gasteiger partial charge < -0.3 is 31.1 Å². The Balaban J connectivity index is 1.44. The summed E-state index contributed by atoms with van der Waals surface area (Å²) in [5, 5.41) is 19.1. The van der Waals surface area contributed by atoms with Gasteiger partial charge in [-0.05, 0) is 53.6 Å². The van der Waals surface area contributed by atoms with Crippen molar-refractivity contribution < 1.29 is 38.6 Å². The molecule has 1 aliphatic rings. The minimum atomic E-state index is -1.62. The number of alkyl carbamates (subject to hydrolysis) is 1. The van der Waals surface area contributed by atoms with Crippen molar-refractivity contribution in [3.8, 4) is 11.1 Å². The van der Waals surface area contributed by atoms with Gasteiger partial charge in [-0.1, -0.05) is 80.6 Å². The van der Waals surface area contributed by atoms with Gasteiger partial charge in [0, 0.05) is 11.5 Å². The number of carbonyl (C=O) groups is 6. The lowest BCUT2D eigenvalue weighted by Crippen LogP contribution is -2.59. The van der Waals surface area contributed by atoms with Crippen molar-refractivity contribution in [2.24, 2.45) is 5.92 Å². The quantitative estimate of drug-likeness (QED) is 0.167. The van der Waals surface area contributed by atoms with Gasteiger partial charge in [0.1, 0.15) is 18.7 Å². The third-order valence-electron chi connectivity index (χ3n) is 7.77. The van der Waals surface area contributed by atoms with Gasteiger partial charge in [0.25, 0.3) is 11.8 Å². The number of Topliss-reactive ketones (excluding diaryl/α,β-unsaturated/α-hetero) is 1. The van der Waals surface area contributed by atoms with E-state index in [1.165, 1.54) is 6.92 Å². The van der Waals surface area contributed by atoms with Gasteiger partial charge in [-0.15, -0.1) is 0 Å². The summed E-state index contributed by atoms with van der Waals surface area (Å²) in [6, 6.07) is 19.6. The van der Waals surface area contributed by atoms with Crippen LogP contribution in [0, 0.1) is 5.92 Å². The largest absolute Gasteiger partial charge is 0.480 e. The van der Waals surface area contributed by atoms with Crippen LogP contribution in [-0.4, -0.2) is 72.0 Å². The molecule has 0 spiro atoms. The minimum absolute atomic E-state index is 0.0148. The Hall–Kier alpha value is -5.52. The number of ether oxygens (including phenoxy) is 1. The van der Waals surface area contributed by atoms with Crippen molar-refractivity contribution in [2.45, 2.75) is 51.2 Å². The number of ketones is 1. The molecule has 12 nitrogen and oxygen atoms in total. The van der Waals surface area contributed by atoms with Gasteiger partial charge in [-0.3, -0.25) is 19.2 Å².